The van der Waals surface area contributed by atoms with E-state index in [1.807, 2.05) is 14.1 Å². The minimum atomic E-state index is -4.60. The van der Waals surface area contributed by atoms with E-state index in [0.29, 0.717) is 6.54 Å². The summed E-state index contributed by atoms with van der Waals surface area (Å²) in [6.07, 6.45) is -1.42. The summed E-state index contributed by atoms with van der Waals surface area (Å²) in [4.78, 5) is 10.7. The molecule has 1 aliphatic carbocycles. The molecular formula is C13H20F3N5. The van der Waals surface area contributed by atoms with Crippen LogP contribution in [0.5, 0.6) is 0 Å². The van der Waals surface area contributed by atoms with Gasteiger partial charge in [-0.1, -0.05) is 0 Å². The Balaban J connectivity index is 2.23. The highest BCUT2D eigenvalue weighted by Gasteiger charge is 2.41. The Hall–Kier alpha value is -1.57. The van der Waals surface area contributed by atoms with Crippen molar-refractivity contribution in [2.45, 2.75) is 31.0 Å². The molecule has 1 saturated carbocycles. The Bertz CT molecular complexity index is 511. The number of halogens is 3. The minimum Gasteiger partial charge on any atom is -0.384 e. The van der Waals surface area contributed by atoms with Crippen molar-refractivity contribution in [2.24, 2.45) is 0 Å². The molecule has 0 aliphatic heterocycles. The number of hydrogen-bond donors (Lipinski definition) is 1. The second kappa shape index (κ2) is 5.32. The Morgan fingerprint density at radius 3 is 2.29 bits per heavy atom. The van der Waals surface area contributed by atoms with E-state index >= 15 is 0 Å². The predicted octanol–water partition coefficient (Wildman–Crippen LogP) is 2.00. The molecule has 0 amide bonds. The van der Waals surface area contributed by atoms with Gasteiger partial charge in [-0.25, -0.2) is 9.97 Å². The molecule has 0 atom stereocenters. The Morgan fingerprint density at radius 1 is 1.24 bits per heavy atom. The van der Waals surface area contributed by atoms with E-state index in [2.05, 4.69) is 14.9 Å². The van der Waals surface area contributed by atoms with Crippen LogP contribution in [0.2, 0.25) is 0 Å². The van der Waals surface area contributed by atoms with Crippen LogP contribution in [0.4, 0.5) is 24.8 Å². The quantitative estimate of drug-likeness (QED) is 0.922. The summed E-state index contributed by atoms with van der Waals surface area (Å²) >= 11 is 0. The average molecular weight is 303 g/mol. The molecule has 8 heteroatoms. The molecule has 0 bridgehead atoms. The lowest BCUT2D eigenvalue weighted by molar-refractivity contribution is -0.144. The second-order valence-corrected chi connectivity index (χ2v) is 5.80. The van der Waals surface area contributed by atoms with Gasteiger partial charge in [0.1, 0.15) is 11.6 Å². The van der Waals surface area contributed by atoms with E-state index in [1.165, 1.54) is 6.07 Å². The number of nitrogens with zero attached hydrogens (tertiary/aromatic N) is 4. The number of nitrogen functional groups attached to an aromatic ring is 1. The Morgan fingerprint density at radius 2 is 1.86 bits per heavy atom. The molecule has 2 rings (SSSR count). The van der Waals surface area contributed by atoms with E-state index in [4.69, 9.17) is 5.73 Å². The van der Waals surface area contributed by atoms with Gasteiger partial charge in [0.15, 0.2) is 0 Å². The first-order valence-corrected chi connectivity index (χ1v) is 6.74. The van der Waals surface area contributed by atoms with Crippen molar-refractivity contribution in [2.75, 3.05) is 38.3 Å². The maximum atomic E-state index is 12.7. The zero-order valence-electron chi connectivity index (χ0n) is 12.4. The molecule has 1 fully saturated rings. The molecular weight excluding hydrogens is 283 g/mol. The Labute approximate surface area is 122 Å². The average Bonchev–Trinajstić information content (AvgIpc) is 2.31. The molecule has 1 aromatic rings. The van der Waals surface area contributed by atoms with Gasteiger partial charge in [0, 0.05) is 25.2 Å². The fraction of sp³-hybridized carbons (Fsp3) is 0.692. The molecule has 0 spiro atoms. The van der Waals surface area contributed by atoms with Gasteiger partial charge in [-0.3, -0.25) is 0 Å². The maximum absolute atomic E-state index is 12.7. The SMILES string of the molecule is CN(CC1(N(C)C)CCC1)c1cc(N)nc(C(F)(F)F)n1. The van der Waals surface area contributed by atoms with Crippen LogP contribution in [0, 0.1) is 0 Å². The van der Waals surface area contributed by atoms with Gasteiger partial charge in [0.25, 0.3) is 0 Å². The molecule has 0 saturated heterocycles. The molecule has 1 heterocycles. The Kier molecular flexibility index (Phi) is 4.01. The molecule has 0 unspecified atom stereocenters. The second-order valence-electron chi connectivity index (χ2n) is 5.80. The van der Waals surface area contributed by atoms with Crippen LogP contribution < -0.4 is 10.6 Å². The standard InChI is InChI=1S/C13H20F3N5/c1-20(2)12(5-4-6-12)8-21(3)10-7-9(17)18-11(19-10)13(14,15)16/h7H,4-6,8H2,1-3H3,(H2,17,18,19). The van der Waals surface area contributed by atoms with Crippen molar-refractivity contribution in [1.82, 2.24) is 14.9 Å². The van der Waals surface area contributed by atoms with Gasteiger partial charge in [-0.2, -0.15) is 13.2 Å². The van der Waals surface area contributed by atoms with Crippen molar-refractivity contribution >= 4 is 11.6 Å². The largest absolute Gasteiger partial charge is 0.451 e. The zero-order chi connectivity index (χ0) is 15.8. The highest BCUT2D eigenvalue weighted by Crippen LogP contribution is 2.37. The van der Waals surface area contributed by atoms with Crippen molar-refractivity contribution in [1.29, 1.82) is 0 Å². The number of hydrogen-bond acceptors (Lipinski definition) is 5. The number of aromatic nitrogens is 2. The lowest BCUT2D eigenvalue weighted by Crippen LogP contribution is -2.56. The van der Waals surface area contributed by atoms with E-state index in [9.17, 15) is 13.2 Å². The van der Waals surface area contributed by atoms with Gasteiger partial charge < -0.3 is 15.5 Å². The predicted molar refractivity (Wildman–Crippen MR) is 75.0 cm³/mol. The zero-order valence-corrected chi connectivity index (χ0v) is 12.4. The summed E-state index contributed by atoms with van der Waals surface area (Å²) in [7, 11) is 5.70. The van der Waals surface area contributed by atoms with Crippen LogP contribution in [0.1, 0.15) is 25.1 Å². The first-order chi connectivity index (χ1) is 9.64. The van der Waals surface area contributed by atoms with Crippen LogP contribution in [-0.2, 0) is 6.18 Å². The van der Waals surface area contributed by atoms with Crippen LogP contribution in [0.3, 0.4) is 0 Å². The third-order valence-corrected chi connectivity index (χ3v) is 4.14. The summed E-state index contributed by atoms with van der Waals surface area (Å²) < 4.78 is 38.2. The summed E-state index contributed by atoms with van der Waals surface area (Å²) in [6.45, 7) is 0.605. The van der Waals surface area contributed by atoms with Crippen LogP contribution in [0.25, 0.3) is 0 Å². The highest BCUT2D eigenvalue weighted by molar-refractivity contribution is 5.47. The van der Waals surface area contributed by atoms with Crippen molar-refractivity contribution in [3.05, 3.63) is 11.9 Å². The summed E-state index contributed by atoms with van der Waals surface area (Å²) in [6, 6.07) is 1.37. The van der Waals surface area contributed by atoms with E-state index in [1.54, 1.807) is 11.9 Å². The summed E-state index contributed by atoms with van der Waals surface area (Å²) in [5, 5.41) is 0. The van der Waals surface area contributed by atoms with Gasteiger partial charge in [0.05, 0.1) is 0 Å². The first-order valence-electron chi connectivity index (χ1n) is 6.74. The highest BCUT2D eigenvalue weighted by atomic mass is 19.4. The van der Waals surface area contributed by atoms with Crippen molar-refractivity contribution < 1.29 is 13.2 Å². The molecule has 0 radical (unpaired) electrons. The lowest BCUT2D eigenvalue weighted by Gasteiger charge is -2.49. The third-order valence-electron chi connectivity index (χ3n) is 4.14. The van der Waals surface area contributed by atoms with E-state index in [0.717, 1.165) is 19.3 Å². The minimum absolute atomic E-state index is 0.00709. The lowest BCUT2D eigenvalue weighted by atomic mass is 9.75. The maximum Gasteiger partial charge on any atom is 0.451 e. The number of rotatable bonds is 4. The van der Waals surface area contributed by atoms with Gasteiger partial charge in [-0.15, -0.1) is 0 Å². The molecule has 1 aliphatic rings. The first kappa shape index (κ1) is 15.8. The van der Waals surface area contributed by atoms with Crippen molar-refractivity contribution in [3.63, 3.8) is 0 Å². The number of likely N-dealkylation sites (N-methyl/N-ethyl adjacent to an activating group) is 2. The number of anilines is 2. The number of alkyl halides is 3. The van der Waals surface area contributed by atoms with Crippen LogP contribution in [0.15, 0.2) is 6.07 Å². The molecule has 0 aromatic carbocycles. The molecule has 2 N–H and O–H groups in total. The normalized spacial score (nSPS) is 17.7. The summed E-state index contributed by atoms with van der Waals surface area (Å²) in [5.41, 5.74) is 5.47. The monoisotopic (exact) mass is 303 g/mol. The fourth-order valence-electron chi connectivity index (χ4n) is 2.63. The van der Waals surface area contributed by atoms with Gasteiger partial charge in [0.2, 0.25) is 5.82 Å². The molecule has 118 valence electrons. The van der Waals surface area contributed by atoms with Gasteiger partial charge >= 0.3 is 6.18 Å². The number of nitrogens with two attached hydrogens (primary N) is 1. The molecule has 21 heavy (non-hydrogen) atoms. The van der Waals surface area contributed by atoms with Crippen molar-refractivity contribution in [3.8, 4) is 0 Å². The van der Waals surface area contributed by atoms with E-state index < -0.39 is 12.0 Å². The van der Waals surface area contributed by atoms with E-state index in [-0.39, 0.29) is 17.2 Å². The third kappa shape index (κ3) is 3.20. The van der Waals surface area contributed by atoms with Crippen LogP contribution in [-0.4, -0.2) is 48.1 Å². The smallest absolute Gasteiger partial charge is 0.384 e. The van der Waals surface area contributed by atoms with Gasteiger partial charge in [-0.05, 0) is 33.4 Å². The fourth-order valence-corrected chi connectivity index (χ4v) is 2.63. The van der Waals surface area contributed by atoms with Crippen LogP contribution >= 0.6 is 0 Å². The topological polar surface area (TPSA) is 58.3 Å². The summed E-state index contributed by atoms with van der Waals surface area (Å²) in [5.74, 6) is -1.17. The molecule has 1 aromatic heterocycles. The molecule has 5 nitrogen and oxygen atoms in total.